The molecule has 0 aliphatic rings. The molecule has 2 aromatic rings. The van der Waals surface area contributed by atoms with E-state index in [1.54, 1.807) is 0 Å². The SMILES string of the molecule is CC(N)c1ccc(-n2cc(I)cn2)c(Br)c1. The van der Waals surface area contributed by atoms with Crippen molar-refractivity contribution < 1.29 is 0 Å². The van der Waals surface area contributed by atoms with Crippen LogP contribution in [0.25, 0.3) is 5.69 Å². The van der Waals surface area contributed by atoms with Crippen molar-refractivity contribution in [2.24, 2.45) is 5.73 Å². The summed E-state index contributed by atoms with van der Waals surface area (Å²) in [4.78, 5) is 0. The van der Waals surface area contributed by atoms with Crippen molar-refractivity contribution in [2.75, 3.05) is 0 Å². The molecule has 0 spiro atoms. The molecule has 5 heteroatoms. The fourth-order valence-electron chi connectivity index (χ4n) is 1.42. The van der Waals surface area contributed by atoms with Crippen LogP contribution in [0.1, 0.15) is 18.5 Å². The molecule has 0 aliphatic carbocycles. The molecule has 84 valence electrons. The van der Waals surface area contributed by atoms with Crippen molar-refractivity contribution in [3.63, 3.8) is 0 Å². The van der Waals surface area contributed by atoms with Gasteiger partial charge in [0.15, 0.2) is 0 Å². The molecular weight excluding hydrogens is 381 g/mol. The molecule has 0 bridgehead atoms. The summed E-state index contributed by atoms with van der Waals surface area (Å²) in [5.74, 6) is 0. The first-order chi connectivity index (χ1) is 7.58. The molecule has 0 saturated heterocycles. The lowest BCUT2D eigenvalue weighted by molar-refractivity contribution is 0.812. The van der Waals surface area contributed by atoms with Gasteiger partial charge in [-0.3, -0.25) is 0 Å². The molecule has 0 fully saturated rings. The van der Waals surface area contributed by atoms with Gasteiger partial charge in [0, 0.05) is 16.7 Å². The van der Waals surface area contributed by atoms with E-state index in [1.807, 2.05) is 42.2 Å². The molecule has 2 N–H and O–H groups in total. The molecule has 1 unspecified atom stereocenters. The first kappa shape index (κ1) is 12.1. The van der Waals surface area contributed by atoms with Gasteiger partial charge >= 0.3 is 0 Å². The second-order valence-corrected chi connectivity index (χ2v) is 5.70. The number of aromatic nitrogens is 2. The number of nitrogens with zero attached hydrogens (tertiary/aromatic N) is 2. The van der Waals surface area contributed by atoms with Gasteiger partial charge in [-0.1, -0.05) is 6.07 Å². The van der Waals surface area contributed by atoms with Crippen molar-refractivity contribution in [3.05, 3.63) is 44.2 Å². The van der Waals surface area contributed by atoms with Gasteiger partial charge in [0.2, 0.25) is 0 Å². The predicted octanol–water partition coefficient (Wildman–Crippen LogP) is 3.26. The van der Waals surface area contributed by atoms with Crippen molar-refractivity contribution in [3.8, 4) is 5.69 Å². The van der Waals surface area contributed by atoms with E-state index < -0.39 is 0 Å². The van der Waals surface area contributed by atoms with E-state index in [1.165, 1.54) is 0 Å². The highest BCUT2D eigenvalue weighted by atomic mass is 127. The zero-order chi connectivity index (χ0) is 11.7. The van der Waals surface area contributed by atoms with E-state index in [0.29, 0.717) is 0 Å². The summed E-state index contributed by atoms with van der Waals surface area (Å²) in [6.07, 6.45) is 3.80. The zero-order valence-electron chi connectivity index (χ0n) is 8.69. The van der Waals surface area contributed by atoms with Crippen LogP contribution in [0.2, 0.25) is 0 Å². The smallest absolute Gasteiger partial charge is 0.0788 e. The Labute approximate surface area is 116 Å². The lowest BCUT2D eigenvalue weighted by atomic mass is 10.1. The lowest BCUT2D eigenvalue weighted by Gasteiger charge is -2.09. The second kappa shape index (κ2) is 4.85. The quantitative estimate of drug-likeness (QED) is 0.798. The van der Waals surface area contributed by atoms with E-state index in [9.17, 15) is 0 Å². The molecule has 1 aromatic heterocycles. The van der Waals surface area contributed by atoms with E-state index in [2.05, 4.69) is 43.6 Å². The molecular formula is C11H11BrIN3. The Bertz CT molecular complexity index is 508. The number of hydrogen-bond acceptors (Lipinski definition) is 2. The minimum atomic E-state index is 0.0445. The van der Waals surface area contributed by atoms with Crippen molar-refractivity contribution in [2.45, 2.75) is 13.0 Å². The molecule has 2 rings (SSSR count). The van der Waals surface area contributed by atoms with Crippen molar-refractivity contribution in [1.29, 1.82) is 0 Å². The fourth-order valence-corrected chi connectivity index (χ4v) is 2.39. The molecule has 0 aliphatic heterocycles. The van der Waals surface area contributed by atoms with Gasteiger partial charge in [-0.2, -0.15) is 5.10 Å². The van der Waals surface area contributed by atoms with Crippen LogP contribution < -0.4 is 5.73 Å². The molecule has 1 heterocycles. The van der Waals surface area contributed by atoms with Gasteiger partial charge in [-0.05, 0) is 63.1 Å². The number of nitrogens with two attached hydrogens (primary N) is 1. The van der Waals surface area contributed by atoms with Gasteiger partial charge in [0.1, 0.15) is 0 Å². The molecule has 0 radical (unpaired) electrons. The summed E-state index contributed by atoms with van der Waals surface area (Å²) in [6.45, 7) is 1.97. The Morgan fingerprint density at radius 2 is 2.25 bits per heavy atom. The summed E-state index contributed by atoms with van der Waals surface area (Å²) in [5, 5.41) is 4.27. The Balaban J connectivity index is 2.44. The maximum Gasteiger partial charge on any atom is 0.0788 e. The molecule has 16 heavy (non-hydrogen) atoms. The molecule has 3 nitrogen and oxygen atoms in total. The number of hydrogen-bond donors (Lipinski definition) is 1. The Kier molecular flexibility index (Phi) is 3.66. The Hall–Kier alpha value is -0.400. The van der Waals surface area contributed by atoms with Crippen LogP contribution in [0.5, 0.6) is 0 Å². The predicted molar refractivity (Wildman–Crippen MR) is 76.6 cm³/mol. The van der Waals surface area contributed by atoms with Crippen LogP contribution in [0.3, 0.4) is 0 Å². The minimum absolute atomic E-state index is 0.0445. The average molecular weight is 392 g/mol. The van der Waals surface area contributed by atoms with Gasteiger partial charge < -0.3 is 5.73 Å². The van der Waals surface area contributed by atoms with Crippen LogP contribution >= 0.6 is 38.5 Å². The monoisotopic (exact) mass is 391 g/mol. The zero-order valence-corrected chi connectivity index (χ0v) is 12.4. The third-order valence-electron chi connectivity index (χ3n) is 2.30. The molecule has 1 aromatic carbocycles. The average Bonchev–Trinajstić information content (AvgIpc) is 2.64. The molecule has 1 atom stereocenters. The van der Waals surface area contributed by atoms with Gasteiger partial charge in [-0.25, -0.2) is 4.68 Å². The summed E-state index contributed by atoms with van der Waals surface area (Å²) >= 11 is 5.78. The third kappa shape index (κ3) is 2.46. The van der Waals surface area contributed by atoms with Crippen LogP contribution in [-0.4, -0.2) is 9.78 Å². The maximum atomic E-state index is 5.83. The number of rotatable bonds is 2. The summed E-state index contributed by atoms with van der Waals surface area (Å²) < 4.78 is 3.96. The highest BCUT2D eigenvalue weighted by Gasteiger charge is 2.07. The summed E-state index contributed by atoms with van der Waals surface area (Å²) in [5.41, 5.74) is 7.96. The number of halogens is 2. The fraction of sp³-hybridized carbons (Fsp3) is 0.182. The van der Waals surface area contributed by atoms with Crippen molar-refractivity contribution in [1.82, 2.24) is 9.78 Å². The minimum Gasteiger partial charge on any atom is -0.324 e. The van der Waals surface area contributed by atoms with Gasteiger partial charge in [-0.15, -0.1) is 0 Å². The van der Waals surface area contributed by atoms with Crippen LogP contribution in [-0.2, 0) is 0 Å². The summed E-state index contributed by atoms with van der Waals surface area (Å²) in [6, 6.07) is 6.13. The second-order valence-electron chi connectivity index (χ2n) is 3.60. The largest absolute Gasteiger partial charge is 0.324 e. The third-order valence-corrected chi connectivity index (χ3v) is 3.49. The molecule has 0 saturated carbocycles. The Morgan fingerprint density at radius 1 is 1.50 bits per heavy atom. The highest BCUT2D eigenvalue weighted by molar-refractivity contribution is 14.1. The number of benzene rings is 1. The standard InChI is InChI=1S/C11H11BrIN3/c1-7(14)8-2-3-11(10(12)4-8)16-6-9(13)5-15-16/h2-7H,14H2,1H3. The van der Waals surface area contributed by atoms with Gasteiger partial charge in [0.05, 0.1) is 15.5 Å². The van der Waals surface area contributed by atoms with Crippen molar-refractivity contribution >= 4 is 38.5 Å². The van der Waals surface area contributed by atoms with Crippen LogP contribution in [0.15, 0.2) is 35.1 Å². The maximum absolute atomic E-state index is 5.83. The van der Waals surface area contributed by atoms with Crippen LogP contribution in [0.4, 0.5) is 0 Å². The van der Waals surface area contributed by atoms with E-state index in [0.717, 1.165) is 19.3 Å². The lowest BCUT2D eigenvalue weighted by Crippen LogP contribution is -2.05. The first-order valence-corrected chi connectivity index (χ1v) is 6.70. The van der Waals surface area contributed by atoms with E-state index in [4.69, 9.17) is 5.73 Å². The van der Waals surface area contributed by atoms with Crippen LogP contribution in [0, 0.1) is 3.57 Å². The Morgan fingerprint density at radius 3 is 2.75 bits per heavy atom. The first-order valence-electron chi connectivity index (χ1n) is 4.83. The highest BCUT2D eigenvalue weighted by Crippen LogP contribution is 2.24. The molecule has 0 amide bonds. The summed E-state index contributed by atoms with van der Waals surface area (Å²) in [7, 11) is 0. The topological polar surface area (TPSA) is 43.8 Å². The van der Waals surface area contributed by atoms with E-state index in [-0.39, 0.29) is 6.04 Å². The van der Waals surface area contributed by atoms with E-state index >= 15 is 0 Å². The van der Waals surface area contributed by atoms with Gasteiger partial charge in [0.25, 0.3) is 0 Å². The normalized spacial score (nSPS) is 12.8.